The largest absolute Gasteiger partial charge is 0.544 e. The van der Waals surface area contributed by atoms with Gasteiger partial charge in [0.25, 0.3) is 0 Å². The summed E-state index contributed by atoms with van der Waals surface area (Å²) >= 11 is 0. The third kappa shape index (κ3) is 24.9. The highest BCUT2D eigenvalue weighted by Crippen LogP contribution is 2.14. The van der Waals surface area contributed by atoms with E-state index in [-0.39, 0.29) is 42.7 Å². The Morgan fingerprint density at radius 3 is 1.50 bits per heavy atom. The van der Waals surface area contributed by atoms with E-state index in [4.69, 9.17) is 14.2 Å². The summed E-state index contributed by atoms with van der Waals surface area (Å²) in [6.07, 6.45) is 21.7. The van der Waals surface area contributed by atoms with Crippen molar-refractivity contribution in [2.24, 2.45) is 0 Å². The fourth-order valence-corrected chi connectivity index (χ4v) is 5.01. The Morgan fingerprint density at radius 2 is 1.05 bits per heavy atom. The molecule has 2 atom stereocenters. The molecule has 0 aliphatic rings. The summed E-state index contributed by atoms with van der Waals surface area (Å²) in [6.45, 7) is 4.53. The molecule has 0 bridgehead atoms. The highest BCUT2D eigenvalue weighted by molar-refractivity contribution is 5.70. The molecule has 0 spiro atoms. The van der Waals surface area contributed by atoms with Crippen LogP contribution in [0.5, 0.6) is 0 Å². The van der Waals surface area contributed by atoms with Crippen LogP contribution < -0.4 is 5.11 Å². The van der Waals surface area contributed by atoms with Gasteiger partial charge >= 0.3 is 11.9 Å². The molecule has 0 amide bonds. The van der Waals surface area contributed by atoms with E-state index >= 15 is 0 Å². The number of unbranched alkanes of at least 4 members (excludes halogenated alkanes) is 16. The summed E-state index contributed by atoms with van der Waals surface area (Å²) in [7, 11) is 5.38. The Balaban J connectivity index is 4.30. The van der Waals surface area contributed by atoms with Crippen LogP contribution in [0.3, 0.4) is 0 Å². The third-order valence-corrected chi connectivity index (χ3v) is 7.74. The Kier molecular flexibility index (Phi) is 25.8. The number of carbonyl (C=O) groups excluding carboxylic acids is 3. The summed E-state index contributed by atoms with van der Waals surface area (Å²) < 4.78 is 16.9. The summed E-state index contributed by atoms with van der Waals surface area (Å²) in [5.74, 6) is -1.75. The predicted octanol–water partition coefficient (Wildman–Crippen LogP) is 6.51. The van der Waals surface area contributed by atoms with E-state index in [0.717, 1.165) is 44.9 Å². The monoisotopic (exact) mass is 599 g/mol. The molecule has 8 nitrogen and oxygen atoms in total. The van der Waals surface area contributed by atoms with Crippen LogP contribution in [0.1, 0.15) is 149 Å². The normalized spacial score (nSPS) is 13.1. The lowest BCUT2D eigenvalue weighted by atomic mass is 10.0. The van der Waals surface area contributed by atoms with Crippen molar-refractivity contribution in [2.75, 3.05) is 41.0 Å². The molecule has 0 heterocycles. The fraction of sp³-hybridized carbons (Fsp3) is 0.912. The first-order chi connectivity index (χ1) is 20.1. The van der Waals surface area contributed by atoms with Crippen molar-refractivity contribution >= 4 is 17.9 Å². The van der Waals surface area contributed by atoms with E-state index in [0.29, 0.717) is 12.8 Å². The molecule has 0 aromatic rings. The zero-order chi connectivity index (χ0) is 31.5. The Morgan fingerprint density at radius 1 is 0.619 bits per heavy atom. The van der Waals surface area contributed by atoms with Crippen LogP contribution in [0.2, 0.25) is 0 Å². The highest BCUT2D eigenvalue weighted by atomic mass is 16.6. The van der Waals surface area contributed by atoms with Crippen molar-refractivity contribution in [1.29, 1.82) is 0 Å². The highest BCUT2D eigenvalue weighted by Gasteiger charge is 2.25. The molecule has 0 aliphatic carbocycles. The van der Waals surface area contributed by atoms with Crippen LogP contribution in [0.4, 0.5) is 0 Å². The zero-order valence-corrected chi connectivity index (χ0v) is 27.9. The number of quaternary nitrogens is 1. The van der Waals surface area contributed by atoms with Gasteiger partial charge in [-0.2, -0.15) is 0 Å². The van der Waals surface area contributed by atoms with Crippen LogP contribution in [0, 0.1) is 0 Å². The molecule has 0 saturated carbocycles. The summed E-state index contributed by atoms with van der Waals surface area (Å²) in [5.41, 5.74) is 0. The number of carbonyl (C=O) groups is 3. The Hall–Kier alpha value is -1.67. The molecule has 0 aromatic carbocycles. The topological polar surface area (TPSA) is 102 Å². The van der Waals surface area contributed by atoms with E-state index in [1.807, 2.05) is 0 Å². The van der Waals surface area contributed by atoms with Crippen LogP contribution in [-0.2, 0) is 28.6 Å². The first kappa shape index (κ1) is 40.3. The Labute approximate surface area is 257 Å². The molecule has 8 heteroatoms. The fourth-order valence-electron chi connectivity index (χ4n) is 5.01. The molecular weight excluding hydrogens is 534 g/mol. The molecule has 0 fully saturated rings. The van der Waals surface area contributed by atoms with Gasteiger partial charge in [-0.1, -0.05) is 117 Å². The molecule has 0 aliphatic heterocycles. The molecule has 2 unspecified atom stereocenters. The smallest absolute Gasteiger partial charge is 0.306 e. The number of nitrogens with zero attached hydrogens (tertiary/aromatic N) is 1. The SMILES string of the molecule is CCCCCCCCCCCCCCCCC(=O)OC(COCCC(C(=O)[O-])[N+](C)(C)C)COC(=O)CCCCCC. The second-order valence-electron chi connectivity index (χ2n) is 12.8. The van der Waals surface area contributed by atoms with Crippen LogP contribution in [0.25, 0.3) is 0 Å². The third-order valence-electron chi connectivity index (χ3n) is 7.74. The average Bonchev–Trinajstić information content (AvgIpc) is 2.93. The second-order valence-corrected chi connectivity index (χ2v) is 12.8. The van der Waals surface area contributed by atoms with E-state index in [9.17, 15) is 19.5 Å². The molecule has 0 N–H and O–H groups in total. The number of carboxylic acids is 1. The summed E-state index contributed by atoms with van der Waals surface area (Å²) in [5, 5.41) is 11.5. The van der Waals surface area contributed by atoms with Crippen LogP contribution in [0.15, 0.2) is 0 Å². The van der Waals surface area contributed by atoms with Gasteiger partial charge in [0.05, 0.1) is 40.3 Å². The number of rotatable bonds is 30. The average molecular weight is 600 g/mol. The van der Waals surface area contributed by atoms with Crippen molar-refractivity contribution in [3.63, 3.8) is 0 Å². The lowest BCUT2D eigenvalue weighted by molar-refractivity contribution is -0.889. The van der Waals surface area contributed by atoms with Gasteiger partial charge in [0, 0.05) is 19.3 Å². The van der Waals surface area contributed by atoms with Gasteiger partial charge < -0.3 is 28.6 Å². The van der Waals surface area contributed by atoms with E-state index in [1.165, 1.54) is 70.6 Å². The quantitative estimate of drug-likeness (QED) is 0.0527. The number of hydrogen-bond acceptors (Lipinski definition) is 7. The van der Waals surface area contributed by atoms with E-state index < -0.39 is 18.1 Å². The van der Waals surface area contributed by atoms with Crippen molar-refractivity contribution in [2.45, 2.75) is 161 Å². The second kappa shape index (κ2) is 26.9. The standard InChI is InChI=1S/C34H65NO7/c1-6-8-10-12-13-14-15-16-17-18-19-20-21-23-25-33(37)42-30(29-41-32(36)24-22-11-9-7-2)28-40-27-26-31(34(38)39)35(3,4)5/h30-31H,6-29H2,1-5H3. The van der Waals surface area contributed by atoms with Crippen molar-refractivity contribution < 1.29 is 38.2 Å². The first-order valence-corrected chi connectivity index (χ1v) is 17.1. The van der Waals surface area contributed by atoms with Gasteiger partial charge in [-0.15, -0.1) is 0 Å². The molecule has 0 aromatic heterocycles. The maximum atomic E-state index is 12.5. The lowest BCUT2D eigenvalue weighted by Crippen LogP contribution is -2.55. The number of aliphatic carboxylic acids is 1. The van der Waals surface area contributed by atoms with Crippen LogP contribution in [-0.4, -0.2) is 75.5 Å². The minimum atomic E-state index is -1.13. The number of carboxylic acid groups (broad SMARTS) is 1. The maximum absolute atomic E-state index is 12.5. The van der Waals surface area contributed by atoms with Gasteiger partial charge in [0.15, 0.2) is 6.10 Å². The number of ether oxygens (including phenoxy) is 3. The number of esters is 2. The minimum Gasteiger partial charge on any atom is -0.544 e. The number of hydrogen-bond donors (Lipinski definition) is 0. The van der Waals surface area contributed by atoms with Crippen LogP contribution >= 0.6 is 0 Å². The minimum absolute atomic E-state index is 0.0461. The van der Waals surface area contributed by atoms with Crippen molar-refractivity contribution in [3.8, 4) is 0 Å². The lowest BCUT2D eigenvalue weighted by Gasteiger charge is -2.34. The zero-order valence-electron chi connectivity index (χ0n) is 27.9. The predicted molar refractivity (Wildman–Crippen MR) is 167 cm³/mol. The molecule has 248 valence electrons. The molecule has 0 radical (unpaired) electrons. The van der Waals surface area contributed by atoms with E-state index in [1.54, 1.807) is 21.1 Å². The van der Waals surface area contributed by atoms with Crippen molar-refractivity contribution in [3.05, 3.63) is 0 Å². The van der Waals surface area contributed by atoms with Gasteiger partial charge in [-0.25, -0.2) is 0 Å². The maximum Gasteiger partial charge on any atom is 0.306 e. The summed E-state index contributed by atoms with van der Waals surface area (Å²) in [6, 6.07) is -0.715. The van der Waals surface area contributed by atoms with Gasteiger partial charge in [0.2, 0.25) is 0 Å². The molecule has 42 heavy (non-hydrogen) atoms. The Bertz CT molecular complexity index is 677. The number of likely N-dealkylation sites (N-methyl/N-ethyl adjacent to an activating group) is 1. The van der Waals surface area contributed by atoms with E-state index in [2.05, 4.69) is 13.8 Å². The summed E-state index contributed by atoms with van der Waals surface area (Å²) in [4.78, 5) is 36.1. The van der Waals surface area contributed by atoms with Gasteiger partial charge in [-0.05, 0) is 12.8 Å². The molecule has 0 saturated heterocycles. The first-order valence-electron chi connectivity index (χ1n) is 17.1. The van der Waals surface area contributed by atoms with Gasteiger partial charge in [0.1, 0.15) is 12.6 Å². The van der Waals surface area contributed by atoms with Crippen molar-refractivity contribution in [1.82, 2.24) is 0 Å². The molecule has 0 rings (SSSR count). The molecular formula is C34H65NO7. The van der Waals surface area contributed by atoms with Gasteiger partial charge in [-0.3, -0.25) is 9.59 Å².